The van der Waals surface area contributed by atoms with Gasteiger partial charge in [-0.3, -0.25) is 5.10 Å². The van der Waals surface area contributed by atoms with Gasteiger partial charge in [0.1, 0.15) is 17.1 Å². The Morgan fingerprint density at radius 3 is 2.88 bits per heavy atom. The van der Waals surface area contributed by atoms with Crippen LogP contribution in [0.4, 0.5) is 5.82 Å². The highest BCUT2D eigenvalue weighted by Crippen LogP contribution is 2.28. The number of para-hydroxylation sites is 1. The Kier molecular flexibility index (Phi) is 1.77. The average molecular weight is 213 g/mol. The number of anilines is 1. The van der Waals surface area contributed by atoms with E-state index in [2.05, 4.69) is 10.2 Å². The lowest BCUT2D eigenvalue weighted by molar-refractivity contribution is 0.625. The molecule has 3 N–H and O–H groups in total. The van der Waals surface area contributed by atoms with E-state index in [1.54, 1.807) is 6.07 Å². The van der Waals surface area contributed by atoms with Gasteiger partial charge in [-0.25, -0.2) is 0 Å². The maximum Gasteiger partial charge on any atom is 0.153 e. The van der Waals surface area contributed by atoms with Gasteiger partial charge < -0.3 is 10.2 Å². The first-order valence-electron chi connectivity index (χ1n) is 5.04. The normalized spacial score (nSPS) is 11.1. The first-order valence-corrected chi connectivity index (χ1v) is 5.04. The van der Waals surface area contributed by atoms with Gasteiger partial charge in [0.2, 0.25) is 0 Å². The molecule has 16 heavy (non-hydrogen) atoms. The number of aryl methyl sites for hydroxylation is 1. The first-order chi connectivity index (χ1) is 7.74. The van der Waals surface area contributed by atoms with E-state index < -0.39 is 0 Å². The number of hydrogen-bond donors (Lipinski definition) is 2. The molecule has 0 fully saturated rings. The molecule has 4 heteroatoms. The molecule has 2 aromatic heterocycles. The first kappa shape index (κ1) is 9.03. The zero-order chi connectivity index (χ0) is 11.1. The minimum Gasteiger partial charge on any atom is -0.454 e. The minimum atomic E-state index is 0.465. The molecule has 0 saturated carbocycles. The smallest absolute Gasteiger partial charge is 0.153 e. The lowest BCUT2D eigenvalue weighted by Crippen LogP contribution is -1.81. The third-order valence-electron chi connectivity index (χ3n) is 2.60. The van der Waals surface area contributed by atoms with Crippen molar-refractivity contribution in [2.75, 3.05) is 5.73 Å². The molecule has 3 rings (SSSR count). The maximum absolute atomic E-state index is 5.77. The Morgan fingerprint density at radius 1 is 1.31 bits per heavy atom. The van der Waals surface area contributed by atoms with Crippen molar-refractivity contribution >= 4 is 16.8 Å². The maximum atomic E-state index is 5.77. The molecule has 0 aliphatic carbocycles. The summed E-state index contributed by atoms with van der Waals surface area (Å²) < 4.78 is 5.77. The molecular formula is C12H11N3O. The third kappa shape index (κ3) is 1.27. The van der Waals surface area contributed by atoms with E-state index in [-0.39, 0.29) is 0 Å². The van der Waals surface area contributed by atoms with Crippen molar-refractivity contribution in [1.82, 2.24) is 10.2 Å². The molecule has 80 valence electrons. The van der Waals surface area contributed by atoms with Crippen molar-refractivity contribution in [3.63, 3.8) is 0 Å². The van der Waals surface area contributed by atoms with Crippen LogP contribution in [0.1, 0.15) is 5.56 Å². The number of furan rings is 1. The summed E-state index contributed by atoms with van der Waals surface area (Å²) >= 11 is 0. The van der Waals surface area contributed by atoms with Crippen molar-refractivity contribution in [2.45, 2.75) is 6.92 Å². The Labute approximate surface area is 92.1 Å². The molecular weight excluding hydrogens is 202 g/mol. The number of aromatic amines is 1. The molecule has 1 aromatic carbocycles. The summed E-state index contributed by atoms with van der Waals surface area (Å²) in [5.41, 5.74) is 8.38. The summed E-state index contributed by atoms with van der Waals surface area (Å²) in [7, 11) is 0. The highest BCUT2D eigenvalue weighted by molar-refractivity contribution is 5.84. The summed E-state index contributed by atoms with van der Waals surface area (Å²) in [5, 5.41) is 7.80. The number of rotatable bonds is 1. The molecule has 0 spiro atoms. The van der Waals surface area contributed by atoms with Crippen LogP contribution < -0.4 is 5.73 Å². The number of nitrogens with zero attached hydrogens (tertiary/aromatic N) is 1. The van der Waals surface area contributed by atoms with Crippen LogP contribution in [-0.4, -0.2) is 10.2 Å². The van der Waals surface area contributed by atoms with Crippen molar-refractivity contribution < 1.29 is 4.42 Å². The van der Waals surface area contributed by atoms with Gasteiger partial charge in [-0.15, -0.1) is 0 Å². The Balaban J connectivity index is 2.22. The summed E-state index contributed by atoms with van der Waals surface area (Å²) in [5.74, 6) is 1.22. The van der Waals surface area contributed by atoms with E-state index in [1.807, 2.05) is 31.2 Å². The standard InChI is InChI=1S/C12H11N3O/c1-7-3-2-4-8-5-10(16-12(7)8)9-6-11(13)15-14-9/h2-6H,1H3,(H3,13,14,15). The lowest BCUT2D eigenvalue weighted by Gasteiger charge is -1.92. The van der Waals surface area contributed by atoms with Gasteiger partial charge in [0, 0.05) is 11.5 Å². The summed E-state index contributed by atoms with van der Waals surface area (Å²) in [6, 6.07) is 9.80. The van der Waals surface area contributed by atoms with Crippen LogP contribution in [0.5, 0.6) is 0 Å². The molecule has 3 aromatic rings. The molecule has 0 radical (unpaired) electrons. The zero-order valence-electron chi connectivity index (χ0n) is 8.82. The molecule has 0 bridgehead atoms. The molecule has 2 heterocycles. The summed E-state index contributed by atoms with van der Waals surface area (Å²) in [4.78, 5) is 0. The van der Waals surface area contributed by atoms with E-state index in [0.717, 1.165) is 28.0 Å². The van der Waals surface area contributed by atoms with Gasteiger partial charge in [0.25, 0.3) is 0 Å². The van der Waals surface area contributed by atoms with Gasteiger partial charge in [0.05, 0.1) is 0 Å². The van der Waals surface area contributed by atoms with Crippen LogP contribution in [0.3, 0.4) is 0 Å². The van der Waals surface area contributed by atoms with E-state index in [4.69, 9.17) is 10.2 Å². The Bertz CT molecular complexity index is 651. The van der Waals surface area contributed by atoms with Crippen molar-refractivity contribution in [3.8, 4) is 11.5 Å². The third-order valence-corrected chi connectivity index (χ3v) is 2.60. The van der Waals surface area contributed by atoms with E-state index in [9.17, 15) is 0 Å². The Morgan fingerprint density at radius 2 is 2.19 bits per heavy atom. The second-order valence-electron chi connectivity index (χ2n) is 3.81. The largest absolute Gasteiger partial charge is 0.454 e. The molecule has 0 atom stereocenters. The predicted molar refractivity (Wildman–Crippen MR) is 62.9 cm³/mol. The number of benzene rings is 1. The van der Waals surface area contributed by atoms with E-state index >= 15 is 0 Å². The number of fused-ring (bicyclic) bond motifs is 1. The number of nitrogens with two attached hydrogens (primary N) is 1. The monoisotopic (exact) mass is 213 g/mol. The Hall–Kier alpha value is -2.23. The number of H-pyrrole nitrogens is 1. The van der Waals surface area contributed by atoms with E-state index in [1.165, 1.54) is 0 Å². The van der Waals surface area contributed by atoms with Crippen LogP contribution in [0.2, 0.25) is 0 Å². The SMILES string of the molecule is Cc1cccc2cc(-c3cc(N)n[nH]3)oc12. The molecule has 0 aliphatic rings. The summed E-state index contributed by atoms with van der Waals surface area (Å²) in [6.07, 6.45) is 0. The quantitative estimate of drug-likeness (QED) is 0.653. The highest BCUT2D eigenvalue weighted by atomic mass is 16.3. The van der Waals surface area contributed by atoms with Crippen LogP contribution in [0.15, 0.2) is 34.7 Å². The van der Waals surface area contributed by atoms with Gasteiger partial charge in [0.15, 0.2) is 5.76 Å². The second kappa shape index (κ2) is 3.13. The van der Waals surface area contributed by atoms with Crippen molar-refractivity contribution in [3.05, 3.63) is 35.9 Å². The van der Waals surface area contributed by atoms with Crippen molar-refractivity contribution in [2.24, 2.45) is 0 Å². The minimum absolute atomic E-state index is 0.465. The number of nitrogen functional groups attached to an aromatic ring is 1. The molecule has 0 aliphatic heterocycles. The van der Waals surface area contributed by atoms with Gasteiger partial charge >= 0.3 is 0 Å². The fourth-order valence-corrected chi connectivity index (χ4v) is 1.81. The summed E-state index contributed by atoms with van der Waals surface area (Å²) in [6.45, 7) is 2.02. The predicted octanol–water partition coefficient (Wildman–Crippen LogP) is 2.71. The fraction of sp³-hybridized carbons (Fsp3) is 0.0833. The van der Waals surface area contributed by atoms with Gasteiger partial charge in [-0.1, -0.05) is 18.2 Å². The molecule has 0 unspecified atom stereocenters. The number of nitrogens with one attached hydrogen (secondary N) is 1. The van der Waals surface area contributed by atoms with E-state index in [0.29, 0.717) is 5.82 Å². The zero-order valence-corrected chi connectivity index (χ0v) is 8.82. The average Bonchev–Trinajstić information content (AvgIpc) is 2.84. The molecule has 4 nitrogen and oxygen atoms in total. The van der Waals surface area contributed by atoms with Crippen molar-refractivity contribution in [1.29, 1.82) is 0 Å². The van der Waals surface area contributed by atoms with Crippen LogP contribution in [-0.2, 0) is 0 Å². The van der Waals surface area contributed by atoms with Crippen LogP contribution in [0, 0.1) is 6.92 Å². The number of hydrogen-bond acceptors (Lipinski definition) is 3. The lowest BCUT2D eigenvalue weighted by atomic mass is 10.2. The van der Waals surface area contributed by atoms with Crippen LogP contribution >= 0.6 is 0 Å². The topological polar surface area (TPSA) is 67.8 Å². The fourth-order valence-electron chi connectivity index (χ4n) is 1.81. The number of aromatic nitrogens is 2. The highest BCUT2D eigenvalue weighted by Gasteiger charge is 2.09. The second-order valence-corrected chi connectivity index (χ2v) is 3.81. The van der Waals surface area contributed by atoms with Gasteiger partial charge in [-0.2, -0.15) is 5.10 Å². The molecule has 0 amide bonds. The molecule has 0 saturated heterocycles. The van der Waals surface area contributed by atoms with Gasteiger partial charge in [-0.05, 0) is 18.6 Å². The van der Waals surface area contributed by atoms with Crippen LogP contribution in [0.25, 0.3) is 22.4 Å².